The second-order valence-corrected chi connectivity index (χ2v) is 5.06. The van der Waals surface area contributed by atoms with Crippen LogP contribution >= 0.6 is 0 Å². The molecule has 0 rings (SSSR count). The standard InChI is InChI=1S/C14H26N4O4/c1-5-11(19)10(7-12(15)20)18-14(22)9(4)17-13(21)8(3)16-6-2/h8-10,16H,5-7H2,1-4H3,(H2,15,20)(H,17,21)(H,18,22)/t8-,9-,10-/m0/s1. The molecular formula is C14H26N4O4. The van der Waals surface area contributed by atoms with Gasteiger partial charge in [0.15, 0.2) is 5.78 Å². The first-order valence-corrected chi connectivity index (χ1v) is 7.38. The zero-order valence-corrected chi connectivity index (χ0v) is 13.6. The predicted molar refractivity (Wildman–Crippen MR) is 81.8 cm³/mol. The number of nitrogens with two attached hydrogens (primary N) is 1. The van der Waals surface area contributed by atoms with Gasteiger partial charge >= 0.3 is 0 Å². The number of carbonyl (C=O) groups is 4. The maximum absolute atomic E-state index is 12.0. The minimum absolute atomic E-state index is 0.177. The molecule has 0 bridgehead atoms. The van der Waals surface area contributed by atoms with Crippen molar-refractivity contribution in [2.45, 2.75) is 58.7 Å². The summed E-state index contributed by atoms with van der Waals surface area (Å²) in [5.74, 6) is -1.82. The Kier molecular flexibility index (Phi) is 9.00. The monoisotopic (exact) mass is 314 g/mol. The fourth-order valence-electron chi connectivity index (χ4n) is 1.79. The van der Waals surface area contributed by atoms with Crippen molar-refractivity contribution in [2.75, 3.05) is 6.54 Å². The van der Waals surface area contributed by atoms with Crippen molar-refractivity contribution in [1.29, 1.82) is 0 Å². The number of hydrogen-bond acceptors (Lipinski definition) is 5. The molecule has 0 aliphatic carbocycles. The van der Waals surface area contributed by atoms with Crippen LogP contribution in [-0.2, 0) is 19.2 Å². The normalized spacial score (nSPS) is 14.5. The van der Waals surface area contributed by atoms with E-state index >= 15 is 0 Å². The van der Waals surface area contributed by atoms with Gasteiger partial charge in [-0.25, -0.2) is 0 Å². The van der Waals surface area contributed by atoms with Crippen molar-refractivity contribution in [3.63, 3.8) is 0 Å². The predicted octanol–water partition coefficient (Wildman–Crippen LogP) is -1.17. The number of primary amides is 1. The van der Waals surface area contributed by atoms with Gasteiger partial charge in [0.1, 0.15) is 6.04 Å². The molecule has 3 amide bonds. The van der Waals surface area contributed by atoms with E-state index in [1.807, 2.05) is 6.92 Å². The van der Waals surface area contributed by atoms with E-state index in [0.717, 1.165) is 0 Å². The van der Waals surface area contributed by atoms with Crippen LogP contribution in [0.1, 0.15) is 40.5 Å². The number of hydrogen-bond donors (Lipinski definition) is 4. The lowest BCUT2D eigenvalue weighted by molar-refractivity contribution is -0.132. The number of carbonyl (C=O) groups excluding carboxylic acids is 4. The second-order valence-electron chi connectivity index (χ2n) is 5.06. The molecule has 0 saturated heterocycles. The number of rotatable bonds is 10. The highest BCUT2D eigenvalue weighted by Crippen LogP contribution is 1.99. The molecule has 0 radical (unpaired) electrons. The number of nitrogens with one attached hydrogen (secondary N) is 3. The van der Waals surface area contributed by atoms with E-state index in [9.17, 15) is 19.2 Å². The second kappa shape index (κ2) is 9.88. The van der Waals surface area contributed by atoms with E-state index in [-0.39, 0.29) is 24.5 Å². The lowest BCUT2D eigenvalue weighted by Crippen LogP contribution is -2.53. The molecule has 8 nitrogen and oxygen atoms in total. The summed E-state index contributed by atoms with van der Waals surface area (Å²) in [5.41, 5.74) is 5.07. The van der Waals surface area contributed by atoms with Crippen molar-refractivity contribution in [1.82, 2.24) is 16.0 Å². The minimum Gasteiger partial charge on any atom is -0.370 e. The summed E-state index contributed by atoms with van der Waals surface area (Å²) in [6.45, 7) is 7.31. The summed E-state index contributed by atoms with van der Waals surface area (Å²) in [6, 6.07) is -2.21. The lowest BCUT2D eigenvalue weighted by Gasteiger charge is -2.21. The molecule has 0 unspecified atom stereocenters. The Morgan fingerprint density at radius 3 is 1.95 bits per heavy atom. The Bertz CT molecular complexity index is 425. The van der Waals surface area contributed by atoms with Crippen molar-refractivity contribution in [3.8, 4) is 0 Å². The number of Topliss-reactive ketones (excluding diaryl/α,β-unsaturated/α-hetero) is 1. The third kappa shape index (κ3) is 7.16. The fraction of sp³-hybridized carbons (Fsp3) is 0.714. The summed E-state index contributed by atoms with van der Waals surface area (Å²) in [4.78, 5) is 46.5. The quantitative estimate of drug-likeness (QED) is 0.403. The summed E-state index contributed by atoms with van der Waals surface area (Å²) < 4.78 is 0. The molecule has 0 saturated carbocycles. The molecule has 0 aliphatic rings. The average molecular weight is 314 g/mol. The molecule has 0 aromatic carbocycles. The Morgan fingerprint density at radius 1 is 0.955 bits per heavy atom. The molecule has 0 heterocycles. The van der Waals surface area contributed by atoms with E-state index < -0.39 is 29.9 Å². The van der Waals surface area contributed by atoms with Gasteiger partial charge in [0.05, 0.1) is 18.5 Å². The third-order valence-corrected chi connectivity index (χ3v) is 3.11. The van der Waals surface area contributed by atoms with Crippen LogP contribution in [0.25, 0.3) is 0 Å². The van der Waals surface area contributed by atoms with Crippen molar-refractivity contribution in [3.05, 3.63) is 0 Å². The zero-order chi connectivity index (χ0) is 17.3. The molecule has 0 aliphatic heterocycles. The van der Waals surface area contributed by atoms with Gasteiger partial charge in [0, 0.05) is 6.42 Å². The van der Waals surface area contributed by atoms with Crippen LogP contribution in [-0.4, -0.2) is 48.2 Å². The van der Waals surface area contributed by atoms with Gasteiger partial charge in [0.25, 0.3) is 0 Å². The van der Waals surface area contributed by atoms with Gasteiger partial charge < -0.3 is 21.7 Å². The van der Waals surface area contributed by atoms with Gasteiger partial charge in [-0.1, -0.05) is 13.8 Å². The maximum Gasteiger partial charge on any atom is 0.242 e. The molecule has 0 fully saturated rings. The molecule has 0 spiro atoms. The van der Waals surface area contributed by atoms with Gasteiger partial charge in [0.2, 0.25) is 17.7 Å². The van der Waals surface area contributed by atoms with E-state index in [2.05, 4.69) is 16.0 Å². The van der Waals surface area contributed by atoms with Gasteiger partial charge in [-0.15, -0.1) is 0 Å². The minimum atomic E-state index is -0.958. The van der Waals surface area contributed by atoms with E-state index in [1.54, 1.807) is 13.8 Å². The Labute approximate surface area is 130 Å². The van der Waals surface area contributed by atoms with E-state index in [0.29, 0.717) is 6.54 Å². The molecule has 126 valence electrons. The first-order chi connectivity index (χ1) is 10.2. The topological polar surface area (TPSA) is 130 Å². The Balaban J connectivity index is 4.62. The Morgan fingerprint density at radius 2 is 1.50 bits per heavy atom. The van der Waals surface area contributed by atoms with Gasteiger partial charge in [-0.3, -0.25) is 19.2 Å². The van der Waals surface area contributed by atoms with E-state index in [1.165, 1.54) is 6.92 Å². The summed E-state index contributed by atoms with van der Waals surface area (Å²) in [7, 11) is 0. The van der Waals surface area contributed by atoms with Crippen LogP contribution in [0.4, 0.5) is 0 Å². The van der Waals surface area contributed by atoms with Crippen molar-refractivity contribution >= 4 is 23.5 Å². The molecule has 22 heavy (non-hydrogen) atoms. The first-order valence-electron chi connectivity index (χ1n) is 7.38. The molecule has 5 N–H and O–H groups in total. The highest BCUT2D eigenvalue weighted by molar-refractivity contribution is 5.95. The molecule has 0 aromatic rings. The van der Waals surface area contributed by atoms with Crippen LogP contribution in [0, 0.1) is 0 Å². The van der Waals surface area contributed by atoms with Crippen LogP contribution in [0.2, 0.25) is 0 Å². The lowest BCUT2D eigenvalue weighted by atomic mass is 10.1. The average Bonchev–Trinajstić information content (AvgIpc) is 2.45. The van der Waals surface area contributed by atoms with Gasteiger partial charge in [-0.05, 0) is 20.4 Å². The highest BCUT2D eigenvalue weighted by atomic mass is 16.2. The van der Waals surface area contributed by atoms with E-state index in [4.69, 9.17) is 5.73 Å². The van der Waals surface area contributed by atoms with Crippen LogP contribution in [0.3, 0.4) is 0 Å². The summed E-state index contributed by atoms with van der Waals surface area (Å²) in [5, 5.41) is 7.91. The van der Waals surface area contributed by atoms with Crippen molar-refractivity contribution < 1.29 is 19.2 Å². The largest absolute Gasteiger partial charge is 0.370 e. The fourth-order valence-corrected chi connectivity index (χ4v) is 1.79. The smallest absolute Gasteiger partial charge is 0.242 e. The van der Waals surface area contributed by atoms with Crippen LogP contribution < -0.4 is 21.7 Å². The summed E-state index contributed by atoms with van der Waals surface area (Å²) >= 11 is 0. The Hall–Kier alpha value is -1.96. The van der Waals surface area contributed by atoms with Crippen LogP contribution in [0.5, 0.6) is 0 Å². The number of likely N-dealkylation sites (N-methyl/N-ethyl adjacent to an activating group) is 1. The highest BCUT2D eigenvalue weighted by Gasteiger charge is 2.25. The molecule has 0 aromatic heterocycles. The summed E-state index contributed by atoms with van der Waals surface area (Å²) in [6.07, 6.45) is -0.0801. The molecular weight excluding hydrogens is 288 g/mol. The number of ketones is 1. The number of amides is 3. The maximum atomic E-state index is 12.0. The zero-order valence-electron chi connectivity index (χ0n) is 13.6. The first kappa shape index (κ1) is 20.0. The SMILES string of the molecule is CCN[C@@H](C)C(=O)N[C@@H](C)C(=O)N[C@@H](CC(N)=O)C(=O)CC. The molecule has 8 heteroatoms. The third-order valence-electron chi connectivity index (χ3n) is 3.11. The van der Waals surface area contributed by atoms with Crippen molar-refractivity contribution in [2.24, 2.45) is 5.73 Å². The van der Waals surface area contributed by atoms with Gasteiger partial charge in [-0.2, -0.15) is 0 Å². The molecule has 3 atom stereocenters. The van der Waals surface area contributed by atoms with Crippen LogP contribution in [0.15, 0.2) is 0 Å².